The van der Waals surface area contributed by atoms with Crippen LogP contribution in [-0.2, 0) is 6.54 Å². The Kier molecular flexibility index (Phi) is 3.39. The molecule has 2 heterocycles. The number of benzene rings is 1. The first-order chi connectivity index (χ1) is 10.7. The Morgan fingerprint density at radius 3 is 3.00 bits per heavy atom. The van der Waals surface area contributed by atoms with Crippen LogP contribution in [0.4, 0.5) is 0 Å². The predicted molar refractivity (Wildman–Crippen MR) is 84.4 cm³/mol. The highest BCUT2D eigenvalue weighted by Gasteiger charge is 2.44. The van der Waals surface area contributed by atoms with Gasteiger partial charge in [0.15, 0.2) is 11.5 Å². The van der Waals surface area contributed by atoms with E-state index in [1.807, 2.05) is 12.1 Å². The summed E-state index contributed by atoms with van der Waals surface area (Å²) in [4.78, 5) is 2.36. The maximum Gasteiger partial charge on any atom is 0.165 e. The summed E-state index contributed by atoms with van der Waals surface area (Å²) in [5, 5.41) is 10.2. The van der Waals surface area contributed by atoms with Gasteiger partial charge in [-0.25, -0.2) is 0 Å². The molecule has 2 aliphatic heterocycles. The molecule has 4 atom stereocenters. The topological polar surface area (TPSA) is 41.9 Å². The van der Waals surface area contributed by atoms with Crippen LogP contribution in [0.25, 0.3) is 0 Å². The molecule has 4 rings (SSSR count). The van der Waals surface area contributed by atoms with Crippen molar-refractivity contribution in [2.75, 3.05) is 20.7 Å². The highest BCUT2D eigenvalue weighted by molar-refractivity contribution is 5.56. The van der Waals surface area contributed by atoms with Crippen molar-refractivity contribution in [2.45, 2.75) is 37.5 Å². The van der Waals surface area contributed by atoms with E-state index in [-0.39, 0.29) is 6.10 Å². The van der Waals surface area contributed by atoms with Gasteiger partial charge in [0.1, 0.15) is 6.10 Å². The number of hydrogen-bond acceptors (Lipinski definition) is 4. The molecule has 4 heteroatoms. The lowest BCUT2D eigenvalue weighted by Gasteiger charge is -2.30. The molecular weight excluding hydrogens is 278 g/mol. The van der Waals surface area contributed by atoms with Crippen LogP contribution in [0.3, 0.4) is 0 Å². The summed E-state index contributed by atoms with van der Waals surface area (Å²) in [7, 11) is 3.86. The third-order valence-corrected chi connectivity index (χ3v) is 5.27. The molecule has 0 amide bonds. The van der Waals surface area contributed by atoms with Gasteiger partial charge >= 0.3 is 0 Å². The van der Waals surface area contributed by atoms with Crippen molar-refractivity contribution in [1.82, 2.24) is 4.90 Å². The fourth-order valence-corrected chi connectivity index (χ4v) is 4.22. The van der Waals surface area contributed by atoms with Gasteiger partial charge in [-0.3, -0.25) is 0 Å². The van der Waals surface area contributed by atoms with Crippen LogP contribution in [-0.4, -0.2) is 42.9 Å². The Balaban J connectivity index is 1.88. The smallest absolute Gasteiger partial charge is 0.165 e. The molecule has 1 aromatic rings. The van der Waals surface area contributed by atoms with Gasteiger partial charge in [-0.15, -0.1) is 0 Å². The van der Waals surface area contributed by atoms with E-state index in [1.165, 1.54) is 11.1 Å². The minimum absolute atomic E-state index is 0.0449. The fourth-order valence-electron chi connectivity index (χ4n) is 4.22. The maximum absolute atomic E-state index is 10.2. The standard InChI is InChI=1S/C18H23NO3/c1-19-8-7-11-3-5-13(20)9-15-16(11)17-12(10-19)4-6-14(21-2)18(17)22-15/h3-6,11,13,15-16,20H,7-10H2,1-2H3/t11?,13-,15-,16+/m0/s1. The minimum atomic E-state index is -0.417. The van der Waals surface area contributed by atoms with Crippen LogP contribution in [0.1, 0.15) is 29.9 Å². The highest BCUT2D eigenvalue weighted by atomic mass is 16.5. The lowest BCUT2D eigenvalue weighted by molar-refractivity contribution is 0.114. The summed E-state index contributed by atoms with van der Waals surface area (Å²) in [6, 6.07) is 4.18. The zero-order valence-electron chi connectivity index (χ0n) is 13.2. The zero-order chi connectivity index (χ0) is 15.3. The van der Waals surface area contributed by atoms with Gasteiger partial charge in [-0.1, -0.05) is 18.2 Å². The number of rotatable bonds is 1. The second-order valence-corrected chi connectivity index (χ2v) is 6.73. The predicted octanol–water partition coefficient (Wildman–Crippen LogP) is 2.31. The summed E-state index contributed by atoms with van der Waals surface area (Å²) < 4.78 is 11.8. The summed E-state index contributed by atoms with van der Waals surface area (Å²) in [5.74, 6) is 2.46. The normalized spacial score (nSPS) is 33.4. The molecule has 0 radical (unpaired) electrons. The summed E-state index contributed by atoms with van der Waals surface area (Å²) in [5.41, 5.74) is 2.64. The molecule has 0 bridgehead atoms. The molecule has 0 saturated heterocycles. The van der Waals surface area contributed by atoms with E-state index in [4.69, 9.17) is 9.47 Å². The molecule has 1 N–H and O–H groups in total. The van der Waals surface area contributed by atoms with Crippen LogP contribution in [0.2, 0.25) is 0 Å². The first-order valence-corrected chi connectivity index (χ1v) is 8.08. The van der Waals surface area contributed by atoms with E-state index in [9.17, 15) is 5.11 Å². The van der Waals surface area contributed by atoms with Crippen LogP contribution in [0, 0.1) is 5.92 Å². The van der Waals surface area contributed by atoms with Crippen molar-refractivity contribution in [1.29, 1.82) is 0 Å². The number of aliphatic hydroxyl groups is 1. The van der Waals surface area contributed by atoms with Crippen LogP contribution in [0.5, 0.6) is 11.5 Å². The maximum atomic E-state index is 10.2. The van der Waals surface area contributed by atoms with Gasteiger partial charge in [0.05, 0.1) is 13.2 Å². The average molecular weight is 301 g/mol. The van der Waals surface area contributed by atoms with Crippen LogP contribution in [0.15, 0.2) is 24.3 Å². The second kappa shape index (κ2) is 5.28. The lowest BCUT2D eigenvalue weighted by Crippen LogP contribution is -2.31. The van der Waals surface area contributed by atoms with Crippen molar-refractivity contribution in [3.05, 3.63) is 35.4 Å². The molecule has 0 spiro atoms. The van der Waals surface area contributed by atoms with Gasteiger partial charge < -0.3 is 19.5 Å². The van der Waals surface area contributed by atoms with Gasteiger partial charge in [0.2, 0.25) is 0 Å². The Labute approximate surface area is 131 Å². The fraction of sp³-hybridized carbons (Fsp3) is 0.556. The highest BCUT2D eigenvalue weighted by Crippen LogP contribution is 2.52. The summed E-state index contributed by atoms with van der Waals surface area (Å²) >= 11 is 0. The molecule has 1 aromatic carbocycles. The zero-order valence-corrected chi connectivity index (χ0v) is 13.2. The monoisotopic (exact) mass is 301 g/mol. The van der Waals surface area contributed by atoms with E-state index in [0.717, 1.165) is 31.0 Å². The second-order valence-electron chi connectivity index (χ2n) is 6.73. The molecule has 0 fully saturated rings. The Morgan fingerprint density at radius 2 is 2.18 bits per heavy atom. The van der Waals surface area contributed by atoms with Crippen molar-refractivity contribution < 1.29 is 14.6 Å². The molecular formula is C18H23NO3. The number of methoxy groups -OCH3 is 1. The molecule has 1 unspecified atom stereocenters. The lowest BCUT2D eigenvalue weighted by atomic mass is 9.78. The third-order valence-electron chi connectivity index (χ3n) is 5.27. The van der Waals surface area contributed by atoms with Gasteiger partial charge in [-0.2, -0.15) is 0 Å². The Morgan fingerprint density at radius 1 is 1.32 bits per heavy atom. The summed E-state index contributed by atoms with van der Waals surface area (Å²) in [6.07, 6.45) is 5.54. The van der Waals surface area contributed by atoms with Crippen molar-refractivity contribution in [2.24, 2.45) is 5.92 Å². The SMILES string of the molecule is COc1ccc2c3c1O[C@H]1C[C@@H](O)C=CC(CCN(C)C2)[C@@H]31. The van der Waals surface area contributed by atoms with Gasteiger partial charge in [0, 0.05) is 24.4 Å². The van der Waals surface area contributed by atoms with Crippen molar-refractivity contribution in [3.63, 3.8) is 0 Å². The minimum Gasteiger partial charge on any atom is -0.493 e. The molecule has 1 aliphatic carbocycles. The Bertz CT molecular complexity index is 613. The third kappa shape index (κ3) is 2.13. The van der Waals surface area contributed by atoms with E-state index in [1.54, 1.807) is 7.11 Å². The molecule has 3 aliphatic rings. The number of aliphatic hydroxyl groups excluding tert-OH is 1. The number of allylic oxidation sites excluding steroid dienone is 1. The van der Waals surface area contributed by atoms with Gasteiger partial charge in [-0.05, 0) is 37.6 Å². The number of hydrogen-bond donors (Lipinski definition) is 1. The molecule has 22 heavy (non-hydrogen) atoms. The average Bonchev–Trinajstić information content (AvgIpc) is 2.78. The first kappa shape index (κ1) is 14.1. The van der Waals surface area contributed by atoms with E-state index in [2.05, 4.69) is 24.1 Å². The van der Waals surface area contributed by atoms with E-state index >= 15 is 0 Å². The van der Waals surface area contributed by atoms with Crippen molar-refractivity contribution >= 4 is 0 Å². The number of ether oxygens (including phenoxy) is 2. The number of nitrogens with zero attached hydrogens (tertiary/aromatic N) is 1. The first-order valence-electron chi connectivity index (χ1n) is 8.08. The molecule has 118 valence electrons. The molecule has 0 saturated carbocycles. The largest absolute Gasteiger partial charge is 0.493 e. The summed E-state index contributed by atoms with van der Waals surface area (Å²) in [6.45, 7) is 2.01. The Hall–Kier alpha value is -1.52. The van der Waals surface area contributed by atoms with E-state index < -0.39 is 6.10 Å². The van der Waals surface area contributed by atoms with Crippen LogP contribution < -0.4 is 9.47 Å². The molecule has 4 nitrogen and oxygen atoms in total. The van der Waals surface area contributed by atoms with E-state index in [0.29, 0.717) is 18.3 Å². The molecule has 0 aromatic heterocycles. The van der Waals surface area contributed by atoms with Crippen LogP contribution >= 0.6 is 0 Å². The van der Waals surface area contributed by atoms with Crippen molar-refractivity contribution in [3.8, 4) is 11.5 Å². The van der Waals surface area contributed by atoms with Gasteiger partial charge in [0.25, 0.3) is 0 Å². The quantitative estimate of drug-likeness (QED) is 0.808.